The van der Waals surface area contributed by atoms with E-state index >= 15 is 0 Å². The van der Waals surface area contributed by atoms with Crippen LogP contribution >= 0.6 is 0 Å². The lowest BCUT2D eigenvalue weighted by atomic mass is 9.69. The maximum Gasteiger partial charge on any atom is 0.315 e. The molecule has 0 N–H and O–H groups in total. The van der Waals surface area contributed by atoms with Crippen molar-refractivity contribution in [2.45, 2.75) is 91.6 Å². The van der Waals surface area contributed by atoms with E-state index in [1.54, 1.807) is 6.92 Å². The smallest absolute Gasteiger partial charge is 0.315 e. The number of hydrogen-bond donors (Lipinski definition) is 0. The molecule has 2 fully saturated rings. The molecule has 2 saturated carbocycles. The molecule has 4 rings (SSSR count). The first kappa shape index (κ1) is 24.5. The number of rotatable bonds is 8. The van der Waals surface area contributed by atoms with E-state index in [9.17, 15) is 9.59 Å². The van der Waals surface area contributed by atoms with Crippen LogP contribution in [0.4, 0.5) is 0 Å². The van der Waals surface area contributed by atoms with Crippen LogP contribution in [0.1, 0.15) is 92.3 Å². The predicted molar refractivity (Wildman–Crippen MR) is 135 cm³/mol. The molecule has 4 heteroatoms. The van der Waals surface area contributed by atoms with Crippen LogP contribution in [0.5, 0.6) is 5.75 Å². The van der Waals surface area contributed by atoms with Crippen LogP contribution < -0.4 is 4.74 Å². The average molecular weight is 463 g/mol. The molecule has 2 aliphatic rings. The largest absolute Gasteiger partial charge is 0.491 e. The summed E-state index contributed by atoms with van der Waals surface area (Å²) in [6.45, 7) is 8.19. The van der Waals surface area contributed by atoms with Gasteiger partial charge in [0.15, 0.2) is 5.78 Å². The summed E-state index contributed by atoms with van der Waals surface area (Å²) in [7, 11) is 0. The molecule has 0 saturated heterocycles. The van der Waals surface area contributed by atoms with E-state index in [1.165, 1.54) is 6.42 Å². The zero-order chi connectivity index (χ0) is 24.3. The fraction of sp³-hybridized carbons (Fsp3) is 0.533. The van der Waals surface area contributed by atoms with E-state index < -0.39 is 5.41 Å². The number of esters is 1. The summed E-state index contributed by atoms with van der Waals surface area (Å²) >= 11 is 0. The third kappa shape index (κ3) is 4.92. The lowest BCUT2D eigenvalue weighted by Gasteiger charge is -2.40. The van der Waals surface area contributed by atoms with Gasteiger partial charge in [0.25, 0.3) is 0 Å². The zero-order valence-electron chi connectivity index (χ0n) is 21.2. The number of carbonyl (C=O) groups excluding carboxylic acids is 2. The van der Waals surface area contributed by atoms with Crippen LogP contribution in [0.3, 0.4) is 0 Å². The summed E-state index contributed by atoms with van der Waals surface area (Å²) in [5.41, 5.74) is 5.56. The number of hydrogen-bond acceptors (Lipinski definition) is 4. The Labute approximate surface area is 204 Å². The molecule has 2 aliphatic carbocycles. The first-order valence-corrected chi connectivity index (χ1v) is 12.9. The van der Waals surface area contributed by atoms with Crippen LogP contribution in [-0.2, 0) is 16.0 Å². The second-order valence-electron chi connectivity index (χ2n) is 10.3. The van der Waals surface area contributed by atoms with Crippen molar-refractivity contribution >= 4 is 11.8 Å². The molecule has 0 unspecified atom stereocenters. The van der Waals surface area contributed by atoms with E-state index in [-0.39, 0.29) is 17.9 Å². The Kier molecular flexibility index (Phi) is 7.45. The van der Waals surface area contributed by atoms with Gasteiger partial charge in [0.1, 0.15) is 23.9 Å². The van der Waals surface area contributed by atoms with E-state index in [4.69, 9.17) is 9.47 Å². The molecule has 4 nitrogen and oxygen atoms in total. The molecule has 0 amide bonds. The highest BCUT2D eigenvalue weighted by molar-refractivity contribution is 5.96. The minimum atomic E-state index is -0.530. The van der Waals surface area contributed by atoms with E-state index in [0.717, 1.165) is 90.5 Å². The summed E-state index contributed by atoms with van der Waals surface area (Å²) < 4.78 is 12.5. The molecular formula is C30H38O4. The molecule has 0 heterocycles. The van der Waals surface area contributed by atoms with Gasteiger partial charge in [0.2, 0.25) is 0 Å². The van der Waals surface area contributed by atoms with Gasteiger partial charge in [-0.15, -0.1) is 0 Å². The SMILES string of the molecule is CCc1cc(-c2ccc(C)c(C)c2OCC2(C(=O)OC3CCCCC3)CCC2)ccc1C(C)=O. The summed E-state index contributed by atoms with van der Waals surface area (Å²) in [4.78, 5) is 25.2. The Morgan fingerprint density at radius 2 is 1.74 bits per heavy atom. The van der Waals surface area contributed by atoms with Gasteiger partial charge in [-0.25, -0.2) is 0 Å². The molecular weight excluding hydrogens is 424 g/mol. The third-order valence-electron chi connectivity index (χ3n) is 7.92. The van der Waals surface area contributed by atoms with E-state index in [2.05, 4.69) is 39.0 Å². The van der Waals surface area contributed by atoms with Crippen LogP contribution in [0.25, 0.3) is 11.1 Å². The van der Waals surface area contributed by atoms with Crippen LogP contribution in [-0.4, -0.2) is 24.5 Å². The van der Waals surface area contributed by atoms with Crippen LogP contribution in [0, 0.1) is 19.3 Å². The highest BCUT2D eigenvalue weighted by Crippen LogP contribution is 2.45. The predicted octanol–water partition coefficient (Wildman–Crippen LogP) is 7.16. The number of ether oxygens (including phenoxy) is 2. The summed E-state index contributed by atoms with van der Waals surface area (Å²) in [6, 6.07) is 10.2. The molecule has 182 valence electrons. The number of Topliss-reactive ketones (excluding diaryl/α,β-unsaturated/α-hetero) is 1. The van der Waals surface area contributed by atoms with E-state index in [0.29, 0.717) is 6.61 Å². The van der Waals surface area contributed by atoms with Gasteiger partial charge < -0.3 is 9.47 Å². The van der Waals surface area contributed by atoms with Gasteiger partial charge in [0.05, 0.1) is 0 Å². The Morgan fingerprint density at radius 3 is 2.35 bits per heavy atom. The van der Waals surface area contributed by atoms with Gasteiger partial charge >= 0.3 is 5.97 Å². The minimum absolute atomic E-state index is 0.0715. The van der Waals surface area contributed by atoms with Gasteiger partial charge in [-0.1, -0.05) is 50.1 Å². The monoisotopic (exact) mass is 462 g/mol. The normalized spacial score (nSPS) is 17.6. The Bertz CT molecular complexity index is 1060. The molecule has 34 heavy (non-hydrogen) atoms. The topological polar surface area (TPSA) is 52.6 Å². The molecule has 0 aromatic heterocycles. The quantitative estimate of drug-likeness (QED) is 0.308. The van der Waals surface area contributed by atoms with Crippen LogP contribution in [0.2, 0.25) is 0 Å². The molecule has 0 spiro atoms. The average Bonchev–Trinajstić information content (AvgIpc) is 2.81. The van der Waals surface area contributed by atoms with Crippen molar-refractivity contribution in [2.24, 2.45) is 5.41 Å². The molecule has 2 aromatic carbocycles. The first-order chi connectivity index (χ1) is 16.3. The van der Waals surface area contributed by atoms with Gasteiger partial charge in [-0.2, -0.15) is 0 Å². The first-order valence-electron chi connectivity index (χ1n) is 12.9. The van der Waals surface area contributed by atoms with Crippen molar-refractivity contribution in [1.29, 1.82) is 0 Å². The van der Waals surface area contributed by atoms with Crippen molar-refractivity contribution in [2.75, 3.05) is 6.61 Å². The lowest BCUT2D eigenvalue weighted by molar-refractivity contribution is -0.171. The van der Waals surface area contributed by atoms with Gasteiger partial charge in [-0.05, 0) is 88.0 Å². The highest BCUT2D eigenvalue weighted by atomic mass is 16.5. The highest BCUT2D eigenvalue weighted by Gasteiger charge is 2.47. The van der Waals surface area contributed by atoms with Crippen LogP contribution in [0.15, 0.2) is 30.3 Å². The number of ketones is 1. The Hall–Kier alpha value is -2.62. The van der Waals surface area contributed by atoms with Crippen molar-refractivity contribution in [3.05, 3.63) is 52.6 Å². The van der Waals surface area contributed by atoms with Crippen molar-refractivity contribution < 1.29 is 19.1 Å². The lowest BCUT2D eigenvalue weighted by Crippen LogP contribution is -2.45. The molecule has 0 radical (unpaired) electrons. The molecule has 2 aromatic rings. The van der Waals surface area contributed by atoms with Crippen molar-refractivity contribution in [1.82, 2.24) is 0 Å². The van der Waals surface area contributed by atoms with Gasteiger partial charge in [-0.3, -0.25) is 9.59 Å². The van der Waals surface area contributed by atoms with E-state index in [1.807, 2.05) is 12.1 Å². The standard InChI is InChI=1S/C30H38O4/c1-5-23-18-24(13-15-26(23)22(4)31)27-14-12-20(2)21(3)28(27)33-19-30(16-9-17-30)29(32)34-25-10-7-6-8-11-25/h12-15,18,25H,5-11,16-17,19H2,1-4H3. The Balaban J connectivity index is 1.59. The number of aryl methyl sites for hydroxylation is 2. The Morgan fingerprint density at radius 1 is 1.00 bits per heavy atom. The zero-order valence-corrected chi connectivity index (χ0v) is 21.2. The number of benzene rings is 2. The fourth-order valence-corrected chi connectivity index (χ4v) is 5.28. The van der Waals surface area contributed by atoms with Gasteiger partial charge in [0, 0.05) is 11.1 Å². The molecule has 0 bridgehead atoms. The maximum atomic E-state index is 13.2. The summed E-state index contributed by atoms with van der Waals surface area (Å²) in [5.74, 6) is 0.842. The number of carbonyl (C=O) groups is 2. The minimum Gasteiger partial charge on any atom is -0.491 e. The fourth-order valence-electron chi connectivity index (χ4n) is 5.28. The molecule has 0 aliphatic heterocycles. The molecule has 0 atom stereocenters. The van der Waals surface area contributed by atoms with Crippen molar-refractivity contribution in [3.8, 4) is 16.9 Å². The summed E-state index contributed by atoms with van der Waals surface area (Å²) in [5, 5.41) is 0. The third-order valence-corrected chi connectivity index (χ3v) is 7.92. The second-order valence-corrected chi connectivity index (χ2v) is 10.3. The van der Waals surface area contributed by atoms with Crippen molar-refractivity contribution in [3.63, 3.8) is 0 Å². The summed E-state index contributed by atoms with van der Waals surface area (Å²) in [6.07, 6.45) is 9.06. The second kappa shape index (κ2) is 10.3. The maximum absolute atomic E-state index is 13.2.